The second kappa shape index (κ2) is 8.66. The van der Waals surface area contributed by atoms with Gasteiger partial charge in [-0.1, -0.05) is 48.5 Å². The summed E-state index contributed by atoms with van der Waals surface area (Å²) in [6, 6.07) is 28.8. The summed E-state index contributed by atoms with van der Waals surface area (Å²) in [7, 11) is 0. The van der Waals surface area contributed by atoms with E-state index < -0.39 is 0 Å². The van der Waals surface area contributed by atoms with Crippen LogP contribution in [-0.4, -0.2) is 28.0 Å². The molecule has 0 fully saturated rings. The molecule has 4 aromatic carbocycles. The number of benzene rings is 4. The fraction of sp³-hybridized carbons (Fsp3) is 0.0667. The fourth-order valence-electron chi connectivity index (χ4n) is 4.55. The summed E-state index contributed by atoms with van der Waals surface area (Å²) in [5, 5.41) is 8.29. The van der Waals surface area contributed by atoms with Crippen LogP contribution in [0.2, 0.25) is 0 Å². The predicted octanol–water partition coefficient (Wildman–Crippen LogP) is 7.24. The minimum absolute atomic E-state index is 0.550. The number of fused-ring (bicyclic) bond motifs is 4. The molecular formula is C30H21N3O2S. The zero-order chi connectivity index (χ0) is 23.9. The Morgan fingerprint density at radius 3 is 2.56 bits per heavy atom. The van der Waals surface area contributed by atoms with Crippen LogP contribution >= 0.6 is 11.3 Å². The van der Waals surface area contributed by atoms with Gasteiger partial charge in [-0.05, 0) is 53.9 Å². The number of ether oxygens (including phenoxy) is 2. The van der Waals surface area contributed by atoms with Crippen molar-refractivity contribution in [2.45, 2.75) is 0 Å². The second-order valence-corrected chi connectivity index (χ2v) is 9.65. The Hall–Kier alpha value is -4.42. The Morgan fingerprint density at radius 2 is 1.64 bits per heavy atom. The van der Waals surface area contributed by atoms with Gasteiger partial charge in [0.15, 0.2) is 11.5 Å². The molecule has 1 aliphatic heterocycles. The van der Waals surface area contributed by atoms with E-state index in [9.17, 15) is 0 Å². The van der Waals surface area contributed by atoms with Gasteiger partial charge in [0, 0.05) is 22.7 Å². The van der Waals surface area contributed by atoms with Crippen LogP contribution in [0, 0.1) is 0 Å². The van der Waals surface area contributed by atoms with E-state index in [4.69, 9.17) is 19.6 Å². The predicted molar refractivity (Wildman–Crippen MR) is 146 cm³/mol. The number of hydrogen-bond acceptors (Lipinski definition) is 5. The van der Waals surface area contributed by atoms with E-state index >= 15 is 0 Å². The average Bonchev–Trinajstić information content (AvgIpc) is 3.57. The Labute approximate surface area is 211 Å². The third kappa shape index (κ3) is 3.72. The standard InChI is InChI=1S/C30H21N3O2S/c1-2-7-23(8-3-1)33-19-22(29(32-33)21-10-13-25-26(18-21)35-17-16-34-25)12-15-28-31-30-24-9-5-4-6-20(24)11-14-27(30)36-28/h1-15,18-19H,16-17H2/b15-12+. The monoisotopic (exact) mass is 487 g/mol. The van der Waals surface area contributed by atoms with Gasteiger partial charge in [0.2, 0.25) is 0 Å². The number of rotatable bonds is 4. The highest BCUT2D eigenvalue weighted by Crippen LogP contribution is 2.36. The molecular weight excluding hydrogens is 466 g/mol. The van der Waals surface area contributed by atoms with E-state index in [-0.39, 0.29) is 0 Å². The number of aromatic nitrogens is 3. The van der Waals surface area contributed by atoms with Gasteiger partial charge in [0.1, 0.15) is 23.9 Å². The molecule has 3 heterocycles. The largest absolute Gasteiger partial charge is 0.486 e. The van der Waals surface area contributed by atoms with E-state index in [2.05, 4.69) is 54.7 Å². The maximum atomic E-state index is 5.83. The second-order valence-electron chi connectivity index (χ2n) is 8.59. The highest BCUT2D eigenvalue weighted by atomic mass is 32.1. The van der Waals surface area contributed by atoms with E-state index in [1.54, 1.807) is 11.3 Å². The molecule has 0 spiro atoms. The summed E-state index contributed by atoms with van der Waals surface area (Å²) < 4.78 is 14.6. The summed E-state index contributed by atoms with van der Waals surface area (Å²) in [6.07, 6.45) is 6.23. The van der Waals surface area contributed by atoms with Crippen molar-refractivity contribution in [3.63, 3.8) is 0 Å². The number of para-hydroxylation sites is 1. The smallest absolute Gasteiger partial charge is 0.162 e. The average molecular weight is 488 g/mol. The minimum atomic E-state index is 0.550. The van der Waals surface area contributed by atoms with Gasteiger partial charge >= 0.3 is 0 Å². The van der Waals surface area contributed by atoms with Gasteiger partial charge < -0.3 is 9.47 Å². The molecule has 0 bridgehead atoms. The SMILES string of the molecule is C(=C\c1cn(-c2ccccc2)nc1-c1ccc2c(c1)OCCO2)/c1nc2c(ccc3ccccc32)s1. The molecule has 6 aromatic rings. The van der Waals surface area contributed by atoms with Crippen LogP contribution in [0.4, 0.5) is 0 Å². The normalized spacial score (nSPS) is 13.1. The minimum Gasteiger partial charge on any atom is -0.486 e. The Balaban J connectivity index is 1.32. The van der Waals surface area contributed by atoms with Crippen molar-refractivity contribution < 1.29 is 9.47 Å². The Morgan fingerprint density at radius 1 is 0.806 bits per heavy atom. The Bertz CT molecular complexity index is 1750. The molecule has 36 heavy (non-hydrogen) atoms. The first-order valence-electron chi connectivity index (χ1n) is 11.8. The van der Waals surface area contributed by atoms with Gasteiger partial charge in [-0.2, -0.15) is 5.10 Å². The maximum Gasteiger partial charge on any atom is 0.162 e. The van der Waals surface area contributed by atoms with Crippen molar-refractivity contribution in [2.24, 2.45) is 0 Å². The lowest BCUT2D eigenvalue weighted by molar-refractivity contribution is 0.171. The van der Waals surface area contributed by atoms with E-state index in [1.807, 2.05) is 53.2 Å². The van der Waals surface area contributed by atoms with Crippen molar-refractivity contribution in [2.75, 3.05) is 13.2 Å². The number of hydrogen-bond donors (Lipinski definition) is 0. The van der Waals surface area contributed by atoms with E-state index in [1.165, 1.54) is 15.5 Å². The van der Waals surface area contributed by atoms with Gasteiger partial charge in [0.05, 0.1) is 15.9 Å². The number of thiazole rings is 1. The van der Waals surface area contributed by atoms with Gasteiger partial charge in [0.25, 0.3) is 0 Å². The van der Waals surface area contributed by atoms with Crippen molar-refractivity contribution in [1.29, 1.82) is 0 Å². The first kappa shape index (κ1) is 20.9. The van der Waals surface area contributed by atoms with Crippen LogP contribution in [0.25, 0.3) is 50.1 Å². The molecule has 0 atom stereocenters. The molecule has 0 aliphatic carbocycles. The number of nitrogens with zero attached hydrogens (tertiary/aromatic N) is 3. The lowest BCUT2D eigenvalue weighted by Crippen LogP contribution is -2.15. The quantitative estimate of drug-likeness (QED) is 0.263. The molecule has 0 amide bonds. The molecule has 2 aromatic heterocycles. The zero-order valence-corrected chi connectivity index (χ0v) is 20.1. The van der Waals surface area contributed by atoms with Gasteiger partial charge in [-0.3, -0.25) is 0 Å². The summed E-state index contributed by atoms with van der Waals surface area (Å²) in [4.78, 5) is 4.95. The van der Waals surface area contributed by atoms with Crippen molar-refractivity contribution in [3.05, 3.63) is 102 Å². The first-order chi connectivity index (χ1) is 17.8. The summed E-state index contributed by atoms with van der Waals surface area (Å²) >= 11 is 1.69. The van der Waals surface area contributed by atoms with Gasteiger partial charge in [-0.25, -0.2) is 9.67 Å². The highest BCUT2D eigenvalue weighted by Gasteiger charge is 2.16. The van der Waals surface area contributed by atoms with Crippen LogP contribution in [0.15, 0.2) is 91.1 Å². The molecule has 174 valence electrons. The summed E-state index contributed by atoms with van der Waals surface area (Å²) in [6.45, 7) is 1.12. The molecule has 1 aliphatic rings. The molecule has 5 nitrogen and oxygen atoms in total. The Kier molecular flexibility index (Phi) is 5.03. The third-order valence-corrected chi connectivity index (χ3v) is 7.27. The lowest BCUT2D eigenvalue weighted by atomic mass is 10.1. The van der Waals surface area contributed by atoms with E-state index in [0.717, 1.165) is 44.5 Å². The van der Waals surface area contributed by atoms with Crippen molar-refractivity contribution >= 4 is 44.5 Å². The molecule has 0 saturated heterocycles. The molecule has 0 saturated carbocycles. The van der Waals surface area contributed by atoms with Gasteiger partial charge in [-0.15, -0.1) is 11.3 Å². The van der Waals surface area contributed by atoms with Crippen molar-refractivity contribution in [3.8, 4) is 28.4 Å². The first-order valence-corrected chi connectivity index (χ1v) is 12.6. The molecule has 0 unspecified atom stereocenters. The lowest BCUT2D eigenvalue weighted by Gasteiger charge is -2.18. The molecule has 0 radical (unpaired) electrons. The topological polar surface area (TPSA) is 49.2 Å². The zero-order valence-electron chi connectivity index (χ0n) is 19.3. The van der Waals surface area contributed by atoms with Crippen LogP contribution < -0.4 is 9.47 Å². The molecule has 0 N–H and O–H groups in total. The van der Waals surface area contributed by atoms with Crippen LogP contribution in [0.1, 0.15) is 10.6 Å². The molecule has 7 rings (SSSR count). The van der Waals surface area contributed by atoms with Crippen LogP contribution in [0.5, 0.6) is 11.5 Å². The maximum absolute atomic E-state index is 5.83. The fourth-order valence-corrected chi connectivity index (χ4v) is 5.43. The molecule has 6 heteroatoms. The third-order valence-electron chi connectivity index (χ3n) is 6.28. The van der Waals surface area contributed by atoms with Crippen LogP contribution in [-0.2, 0) is 0 Å². The highest BCUT2D eigenvalue weighted by molar-refractivity contribution is 7.19. The van der Waals surface area contributed by atoms with Crippen molar-refractivity contribution in [1.82, 2.24) is 14.8 Å². The summed E-state index contributed by atoms with van der Waals surface area (Å²) in [5.74, 6) is 1.52. The van der Waals surface area contributed by atoms with Crippen LogP contribution in [0.3, 0.4) is 0 Å². The van der Waals surface area contributed by atoms with E-state index in [0.29, 0.717) is 13.2 Å². The summed E-state index contributed by atoms with van der Waals surface area (Å²) in [5.41, 5.74) is 4.90.